The van der Waals surface area contributed by atoms with E-state index in [0.29, 0.717) is 23.1 Å². The van der Waals surface area contributed by atoms with Crippen LogP contribution in [-0.2, 0) is 14.9 Å². The molecular formula is C24H30ClNO3. The van der Waals surface area contributed by atoms with Gasteiger partial charge in [-0.3, -0.25) is 4.79 Å². The van der Waals surface area contributed by atoms with Gasteiger partial charge in [-0.1, -0.05) is 60.7 Å². The lowest BCUT2D eigenvalue weighted by atomic mass is 9.68. The minimum Gasteiger partial charge on any atom is -0.487 e. The SMILES string of the molecule is COC[C@H](C)Oc1ccc(NC(=O)C2(c3cccc(C)c3)CCCCC2)cc1Cl. The number of carbonyl (C=O) groups is 1. The standard InChI is InChI=1S/C24H30ClNO3/c1-17-8-7-9-19(14-17)24(12-5-4-6-13-24)23(27)26-20-10-11-22(21(25)15-20)29-18(2)16-28-3/h7-11,14-15,18H,4-6,12-13,16H2,1-3H3,(H,26,27)/t18-/m0/s1. The molecule has 0 bridgehead atoms. The molecule has 3 rings (SSSR count). The van der Waals surface area contributed by atoms with Crippen molar-refractivity contribution in [2.24, 2.45) is 0 Å². The minimum atomic E-state index is -0.487. The van der Waals surface area contributed by atoms with Gasteiger partial charge in [-0.2, -0.15) is 0 Å². The van der Waals surface area contributed by atoms with E-state index < -0.39 is 5.41 Å². The molecule has 2 aromatic rings. The molecule has 0 saturated heterocycles. The first-order chi connectivity index (χ1) is 13.9. The normalized spacial score (nSPS) is 16.8. The van der Waals surface area contributed by atoms with Gasteiger partial charge in [-0.15, -0.1) is 0 Å². The highest BCUT2D eigenvalue weighted by atomic mass is 35.5. The Morgan fingerprint density at radius 2 is 1.93 bits per heavy atom. The number of hydrogen-bond acceptors (Lipinski definition) is 3. The Kier molecular flexibility index (Phi) is 7.20. The van der Waals surface area contributed by atoms with Crippen molar-refractivity contribution in [3.05, 3.63) is 58.6 Å². The molecule has 1 aliphatic carbocycles. The molecule has 0 aromatic heterocycles. The fourth-order valence-corrected chi connectivity index (χ4v) is 4.38. The van der Waals surface area contributed by atoms with Crippen LogP contribution >= 0.6 is 11.6 Å². The van der Waals surface area contributed by atoms with Crippen molar-refractivity contribution in [3.8, 4) is 5.75 Å². The third kappa shape index (κ3) is 5.12. The Morgan fingerprint density at radius 1 is 1.17 bits per heavy atom. The summed E-state index contributed by atoms with van der Waals surface area (Å²) in [5.74, 6) is 0.626. The zero-order chi connectivity index (χ0) is 20.9. The van der Waals surface area contributed by atoms with Crippen LogP contribution in [0.1, 0.15) is 50.2 Å². The number of nitrogens with one attached hydrogen (secondary N) is 1. The summed E-state index contributed by atoms with van der Waals surface area (Å²) in [6.07, 6.45) is 4.93. The van der Waals surface area contributed by atoms with Crippen LogP contribution < -0.4 is 10.1 Å². The monoisotopic (exact) mass is 415 g/mol. The Morgan fingerprint density at radius 3 is 2.59 bits per heavy atom. The molecule has 0 unspecified atom stereocenters. The van der Waals surface area contributed by atoms with Crippen LogP contribution in [0, 0.1) is 6.92 Å². The average Bonchev–Trinajstić information content (AvgIpc) is 2.71. The molecular weight excluding hydrogens is 386 g/mol. The van der Waals surface area contributed by atoms with Crippen molar-refractivity contribution in [2.75, 3.05) is 19.0 Å². The van der Waals surface area contributed by atoms with Gasteiger partial charge in [-0.25, -0.2) is 0 Å². The molecule has 0 aliphatic heterocycles. The highest BCUT2D eigenvalue weighted by molar-refractivity contribution is 6.32. The highest BCUT2D eigenvalue weighted by Crippen LogP contribution is 2.41. The Hall–Kier alpha value is -2.04. The number of ether oxygens (including phenoxy) is 2. The van der Waals surface area contributed by atoms with Gasteiger partial charge in [0.2, 0.25) is 5.91 Å². The first-order valence-corrected chi connectivity index (χ1v) is 10.7. The maximum Gasteiger partial charge on any atom is 0.235 e. The van der Waals surface area contributed by atoms with Gasteiger partial charge in [0.25, 0.3) is 0 Å². The van der Waals surface area contributed by atoms with Crippen LogP contribution in [0.2, 0.25) is 5.02 Å². The van der Waals surface area contributed by atoms with Crippen molar-refractivity contribution in [3.63, 3.8) is 0 Å². The minimum absolute atomic E-state index is 0.0419. The first-order valence-electron chi connectivity index (χ1n) is 10.3. The number of halogens is 1. The second kappa shape index (κ2) is 9.64. The average molecular weight is 416 g/mol. The van der Waals surface area contributed by atoms with Gasteiger partial charge in [0.05, 0.1) is 17.0 Å². The number of amides is 1. The maximum absolute atomic E-state index is 13.5. The quantitative estimate of drug-likeness (QED) is 0.612. The van der Waals surface area contributed by atoms with Crippen LogP contribution in [0.3, 0.4) is 0 Å². The van der Waals surface area contributed by atoms with Gasteiger partial charge in [0.15, 0.2) is 0 Å². The number of aryl methyl sites for hydroxylation is 1. The van der Waals surface area contributed by atoms with Crippen molar-refractivity contribution >= 4 is 23.2 Å². The van der Waals surface area contributed by atoms with E-state index in [4.69, 9.17) is 21.1 Å². The molecule has 29 heavy (non-hydrogen) atoms. The van der Waals surface area contributed by atoms with E-state index in [1.54, 1.807) is 19.2 Å². The zero-order valence-electron chi connectivity index (χ0n) is 17.5. The molecule has 0 heterocycles. The summed E-state index contributed by atoms with van der Waals surface area (Å²) in [6, 6.07) is 13.7. The fourth-order valence-electron chi connectivity index (χ4n) is 4.16. The molecule has 156 valence electrons. The third-order valence-corrected chi connectivity index (χ3v) is 5.93. The van der Waals surface area contributed by atoms with Gasteiger partial charge >= 0.3 is 0 Å². The molecule has 0 radical (unpaired) electrons. The predicted molar refractivity (Wildman–Crippen MR) is 118 cm³/mol. The van der Waals surface area contributed by atoms with E-state index in [1.807, 2.05) is 19.1 Å². The first kappa shape index (κ1) is 21.7. The number of benzene rings is 2. The molecule has 1 fully saturated rings. The smallest absolute Gasteiger partial charge is 0.235 e. The summed E-state index contributed by atoms with van der Waals surface area (Å²) >= 11 is 6.40. The molecule has 1 amide bonds. The van der Waals surface area contributed by atoms with E-state index in [-0.39, 0.29) is 12.0 Å². The molecule has 5 heteroatoms. The highest BCUT2D eigenvalue weighted by Gasteiger charge is 2.41. The lowest BCUT2D eigenvalue weighted by molar-refractivity contribution is -0.122. The van der Waals surface area contributed by atoms with Crippen molar-refractivity contribution in [1.82, 2.24) is 0 Å². The summed E-state index contributed by atoms with van der Waals surface area (Å²) in [5.41, 5.74) is 2.48. The van der Waals surface area contributed by atoms with E-state index in [0.717, 1.165) is 31.2 Å². The summed E-state index contributed by atoms with van der Waals surface area (Å²) < 4.78 is 10.9. The predicted octanol–water partition coefficient (Wildman–Crippen LogP) is 5.90. The molecule has 1 saturated carbocycles. The van der Waals surface area contributed by atoms with Crippen LogP contribution in [0.15, 0.2) is 42.5 Å². The maximum atomic E-state index is 13.5. The summed E-state index contributed by atoms with van der Waals surface area (Å²) in [6.45, 7) is 4.47. The second-order valence-corrected chi connectivity index (χ2v) is 8.40. The molecule has 1 atom stereocenters. The Labute approximate surface area is 178 Å². The van der Waals surface area contributed by atoms with Gasteiger partial charge in [0, 0.05) is 12.8 Å². The van der Waals surface area contributed by atoms with E-state index in [9.17, 15) is 4.79 Å². The summed E-state index contributed by atoms with van der Waals surface area (Å²) in [7, 11) is 1.63. The Balaban J connectivity index is 1.80. The Bertz CT molecular complexity index is 846. The van der Waals surface area contributed by atoms with Crippen molar-refractivity contribution in [2.45, 2.75) is 57.5 Å². The topological polar surface area (TPSA) is 47.6 Å². The lowest BCUT2D eigenvalue weighted by Crippen LogP contribution is -2.42. The zero-order valence-corrected chi connectivity index (χ0v) is 18.2. The second-order valence-electron chi connectivity index (χ2n) is 8.00. The van der Waals surface area contributed by atoms with Crippen molar-refractivity contribution in [1.29, 1.82) is 0 Å². The van der Waals surface area contributed by atoms with E-state index >= 15 is 0 Å². The number of methoxy groups -OCH3 is 1. The van der Waals surface area contributed by atoms with Gasteiger partial charge < -0.3 is 14.8 Å². The van der Waals surface area contributed by atoms with Gasteiger partial charge in [0.1, 0.15) is 11.9 Å². The largest absolute Gasteiger partial charge is 0.487 e. The van der Waals surface area contributed by atoms with Crippen LogP contribution in [0.4, 0.5) is 5.69 Å². The van der Waals surface area contributed by atoms with Crippen molar-refractivity contribution < 1.29 is 14.3 Å². The summed E-state index contributed by atoms with van der Waals surface area (Å²) in [5, 5.41) is 3.58. The van der Waals surface area contributed by atoms with E-state index in [2.05, 4.69) is 30.4 Å². The molecule has 4 nitrogen and oxygen atoms in total. The molecule has 0 spiro atoms. The molecule has 2 aromatic carbocycles. The van der Waals surface area contributed by atoms with Crippen LogP contribution in [-0.4, -0.2) is 25.7 Å². The fraction of sp³-hybridized carbons (Fsp3) is 0.458. The number of anilines is 1. The van der Waals surface area contributed by atoms with Crippen LogP contribution in [0.25, 0.3) is 0 Å². The third-order valence-electron chi connectivity index (χ3n) is 5.63. The number of carbonyl (C=O) groups excluding carboxylic acids is 1. The molecule has 1 aliphatic rings. The molecule has 1 N–H and O–H groups in total. The number of hydrogen-bond donors (Lipinski definition) is 1. The van der Waals surface area contributed by atoms with Gasteiger partial charge in [-0.05, 0) is 50.5 Å². The lowest BCUT2D eigenvalue weighted by Gasteiger charge is -2.36. The van der Waals surface area contributed by atoms with E-state index in [1.165, 1.54) is 12.0 Å². The van der Waals surface area contributed by atoms with Crippen LogP contribution in [0.5, 0.6) is 5.75 Å². The number of rotatable bonds is 7. The summed E-state index contributed by atoms with van der Waals surface area (Å²) in [4.78, 5) is 13.5.